The van der Waals surface area contributed by atoms with E-state index in [2.05, 4.69) is 136 Å². The Bertz CT molecular complexity index is 1740. The van der Waals surface area contributed by atoms with Gasteiger partial charge in [0.15, 0.2) is 0 Å². The van der Waals surface area contributed by atoms with E-state index in [9.17, 15) is 0 Å². The molecule has 0 spiro atoms. The van der Waals surface area contributed by atoms with Crippen LogP contribution in [0.3, 0.4) is 0 Å². The molecule has 0 amide bonds. The Morgan fingerprint density at radius 1 is 0.610 bits per heavy atom. The van der Waals surface area contributed by atoms with E-state index in [0.717, 1.165) is 22.5 Å². The monoisotopic (exact) mass is 714 g/mol. The van der Waals surface area contributed by atoms with E-state index in [4.69, 9.17) is 1.37 Å². The van der Waals surface area contributed by atoms with Gasteiger partial charge in [-0.25, -0.2) is 0 Å². The van der Waals surface area contributed by atoms with Crippen molar-refractivity contribution in [1.82, 2.24) is 9.97 Å². The predicted octanol–water partition coefficient (Wildman–Crippen LogP) is 10.00. The molecule has 3 heteroatoms. The van der Waals surface area contributed by atoms with Gasteiger partial charge in [0, 0.05) is 32.5 Å². The Hall–Kier alpha value is -3.65. The van der Waals surface area contributed by atoms with Gasteiger partial charge in [-0.1, -0.05) is 113 Å². The van der Waals surface area contributed by atoms with Crippen molar-refractivity contribution in [3.8, 4) is 22.5 Å². The van der Waals surface area contributed by atoms with Gasteiger partial charge in [-0.05, 0) is 44.6 Å². The molecule has 0 fully saturated rings. The van der Waals surface area contributed by atoms with Crippen molar-refractivity contribution in [2.75, 3.05) is 0 Å². The summed E-state index contributed by atoms with van der Waals surface area (Å²) in [6.45, 7) is 13.3. The Morgan fingerprint density at radius 2 is 1.29 bits per heavy atom. The molecule has 6 aromatic rings. The zero-order valence-corrected chi connectivity index (χ0v) is 26.9. The standard InChI is InChI=1S/C19H12N.C19H24N.Ir/c1-2-6-17-14(5-1)8-9-15-10-11-16(13-18(15)17)19-7-3-4-12-20-19;1-18(2,3)15-9-7-14(8-10-15)17-12-11-16(13-20-17)19(4,5)6;/h1-10,12-13H;7,9-13H,1-6H3;/q2*-1;/i3D;;. The second-order valence-corrected chi connectivity index (χ2v) is 12.2. The molecule has 0 atom stereocenters. The SMILES string of the molecule is CC(C)(C)c1c[c-]c(-c2ccc(C(C)(C)C)cn2)cc1.[2H]c1ccnc(-c2[c-]cc3ccc4ccccc4c3c2)c1.[Ir]. The van der Waals surface area contributed by atoms with Crippen molar-refractivity contribution in [3.63, 3.8) is 0 Å². The first-order valence-electron chi connectivity index (χ1n) is 14.2. The van der Waals surface area contributed by atoms with E-state index in [-0.39, 0.29) is 30.9 Å². The summed E-state index contributed by atoms with van der Waals surface area (Å²) >= 11 is 0. The maximum atomic E-state index is 7.73. The van der Waals surface area contributed by atoms with Crippen LogP contribution in [0.1, 0.15) is 54.0 Å². The molecular weight excluding hydrogens is 677 g/mol. The number of fused-ring (bicyclic) bond motifs is 3. The minimum absolute atomic E-state index is 0. The van der Waals surface area contributed by atoms with Crippen molar-refractivity contribution in [2.45, 2.75) is 52.4 Å². The molecular formula is C38H36IrN2-2. The van der Waals surface area contributed by atoms with Crippen molar-refractivity contribution in [3.05, 3.63) is 133 Å². The van der Waals surface area contributed by atoms with Gasteiger partial charge in [-0.15, -0.1) is 59.2 Å². The summed E-state index contributed by atoms with van der Waals surface area (Å²) in [5.41, 5.74) is 6.62. The smallest absolute Gasteiger partial charge is 0.0616 e. The summed E-state index contributed by atoms with van der Waals surface area (Å²) in [5, 5.41) is 4.81. The molecule has 0 N–H and O–H groups in total. The van der Waals surface area contributed by atoms with Crippen LogP contribution in [0.5, 0.6) is 0 Å². The molecule has 0 aliphatic rings. The Balaban J connectivity index is 0.000000189. The topological polar surface area (TPSA) is 25.8 Å². The molecule has 0 bridgehead atoms. The molecule has 2 aromatic heterocycles. The molecule has 6 rings (SSSR count). The molecule has 0 saturated heterocycles. The van der Waals surface area contributed by atoms with Crippen LogP contribution in [-0.4, -0.2) is 9.97 Å². The molecule has 0 unspecified atom stereocenters. The van der Waals surface area contributed by atoms with Crippen molar-refractivity contribution in [2.24, 2.45) is 0 Å². The van der Waals surface area contributed by atoms with Crippen LogP contribution in [0, 0.1) is 12.1 Å². The fraction of sp³-hybridized carbons (Fsp3) is 0.211. The quantitative estimate of drug-likeness (QED) is 0.132. The summed E-state index contributed by atoms with van der Waals surface area (Å²) in [5.74, 6) is 0. The molecule has 209 valence electrons. The minimum Gasteiger partial charge on any atom is -0.305 e. The molecule has 0 aliphatic carbocycles. The Kier molecular flexibility index (Phi) is 8.78. The average molecular weight is 714 g/mol. The molecule has 0 aliphatic heterocycles. The van der Waals surface area contributed by atoms with Crippen LogP contribution in [0.15, 0.2) is 109 Å². The van der Waals surface area contributed by atoms with E-state index in [0.29, 0.717) is 6.04 Å². The van der Waals surface area contributed by atoms with E-state index in [1.807, 2.05) is 12.3 Å². The Morgan fingerprint density at radius 3 is 1.95 bits per heavy atom. The molecule has 4 aromatic carbocycles. The van der Waals surface area contributed by atoms with Crippen molar-refractivity contribution >= 4 is 21.5 Å². The fourth-order valence-electron chi connectivity index (χ4n) is 4.61. The van der Waals surface area contributed by atoms with E-state index >= 15 is 0 Å². The third-order valence-electron chi connectivity index (χ3n) is 7.14. The van der Waals surface area contributed by atoms with Gasteiger partial charge >= 0.3 is 0 Å². The summed E-state index contributed by atoms with van der Waals surface area (Å²) < 4.78 is 7.73. The van der Waals surface area contributed by atoms with Gasteiger partial charge in [0.1, 0.15) is 0 Å². The van der Waals surface area contributed by atoms with Crippen LogP contribution in [-0.2, 0) is 30.9 Å². The summed E-state index contributed by atoms with van der Waals surface area (Å²) in [7, 11) is 0. The Labute approximate surface area is 259 Å². The average Bonchev–Trinajstić information content (AvgIpc) is 2.96. The number of nitrogens with zero attached hydrogens (tertiary/aromatic N) is 2. The summed E-state index contributed by atoms with van der Waals surface area (Å²) in [4.78, 5) is 8.92. The first kappa shape index (κ1) is 28.9. The number of aromatic nitrogens is 2. The minimum atomic E-state index is 0. The number of hydrogen-bond acceptors (Lipinski definition) is 2. The molecule has 2 nitrogen and oxygen atoms in total. The van der Waals surface area contributed by atoms with Crippen molar-refractivity contribution in [1.29, 1.82) is 0 Å². The van der Waals surface area contributed by atoms with Crippen LogP contribution >= 0.6 is 0 Å². The maximum absolute atomic E-state index is 7.73. The van der Waals surface area contributed by atoms with Crippen LogP contribution in [0.4, 0.5) is 0 Å². The van der Waals surface area contributed by atoms with Gasteiger partial charge in [0.2, 0.25) is 0 Å². The predicted molar refractivity (Wildman–Crippen MR) is 169 cm³/mol. The molecule has 2 heterocycles. The number of rotatable bonds is 2. The first-order chi connectivity index (χ1) is 19.5. The van der Waals surface area contributed by atoms with Crippen LogP contribution in [0.25, 0.3) is 44.1 Å². The normalized spacial score (nSPS) is 11.8. The van der Waals surface area contributed by atoms with E-state index < -0.39 is 0 Å². The van der Waals surface area contributed by atoms with Crippen molar-refractivity contribution < 1.29 is 21.5 Å². The molecule has 1 radical (unpaired) electrons. The maximum Gasteiger partial charge on any atom is 0.0616 e. The third kappa shape index (κ3) is 7.17. The van der Waals surface area contributed by atoms with Gasteiger partial charge < -0.3 is 9.97 Å². The summed E-state index contributed by atoms with van der Waals surface area (Å²) in [6, 6.07) is 37.9. The first-order valence-corrected chi connectivity index (χ1v) is 13.7. The number of hydrogen-bond donors (Lipinski definition) is 0. The third-order valence-corrected chi connectivity index (χ3v) is 7.14. The largest absolute Gasteiger partial charge is 0.305 e. The van der Waals surface area contributed by atoms with E-state index in [1.54, 1.807) is 18.3 Å². The number of benzene rings is 4. The fourth-order valence-corrected chi connectivity index (χ4v) is 4.61. The van der Waals surface area contributed by atoms with Crippen LogP contribution < -0.4 is 0 Å². The second-order valence-electron chi connectivity index (χ2n) is 12.2. The summed E-state index contributed by atoms with van der Waals surface area (Å²) in [6.07, 6.45) is 3.64. The van der Waals surface area contributed by atoms with Gasteiger partial charge in [0.25, 0.3) is 0 Å². The number of pyridine rings is 2. The molecule has 0 saturated carbocycles. The second kappa shape index (κ2) is 12.5. The van der Waals surface area contributed by atoms with Gasteiger partial charge in [0.05, 0.1) is 1.37 Å². The zero-order valence-electron chi connectivity index (χ0n) is 25.5. The zero-order chi connectivity index (χ0) is 29.2. The van der Waals surface area contributed by atoms with Crippen LogP contribution in [0.2, 0.25) is 0 Å². The van der Waals surface area contributed by atoms with E-state index in [1.165, 1.54) is 32.7 Å². The van der Waals surface area contributed by atoms with Gasteiger partial charge in [-0.3, -0.25) is 0 Å². The molecule has 41 heavy (non-hydrogen) atoms. The van der Waals surface area contributed by atoms with Gasteiger partial charge in [-0.2, -0.15) is 0 Å².